The van der Waals surface area contributed by atoms with E-state index in [0.717, 1.165) is 11.9 Å². The van der Waals surface area contributed by atoms with Crippen LogP contribution in [0.25, 0.3) is 10.2 Å². The number of nitrogens with zero attached hydrogens (tertiary/aromatic N) is 1. The predicted molar refractivity (Wildman–Crippen MR) is 62.9 cm³/mol. The van der Waals surface area contributed by atoms with E-state index in [1.807, 2.05) is 5.51 Å². The van der Waals surface area contributed by atoms with Crippen LogP contribution in [0.2, 0.25) is 0 Å². The van der Waals surface area contributed by atoms with Gasteiger partial charge < -0.3 is 0 Å². The zero-order valence-electron chi connectivity index (χ0n) is 8.87. The number of aromatic nitrogens is 1. The van der Waals surface area contributed by atoms with E-state index in [0.29, 0.717) is 0 Å². The fourth-order valence-corrected chi connectivity index (χ4v) is 2.14. The van der Waals surface area contributed by atoms with Crippen LogP contribution < -0.4 is 0 Å². The molecule has 1 nitrogen and oxygen atoms in total. The second-order valence-electron chi connectivity index (χ2n) is 4.27. The van der Waals surface area contributed by atoms with Crippen molar-refractivity contribution in [2.75, 3.05) is 0 Å². The summed E-state index contributed by atoms with van der Waals surface area (Å²) < 4.78 is 1.28. The van der Waals surface area contributed by atoms with Gasteiger partial charge in [0.05, 0.1) is 15.7 Å². The maximum Gasteiger partial charge on any atom is 0.0814 e. The lowest BCUT2D eigenvalue weighted by Gasteiger charge is -2.23. The quantitative estimate of drug-likeness (QED) is 0.722. The Balaban J connectivity index is 2.53. The predicted octanol–water partition coefficient (Wildman–Crippen LogP) is 3.98. The van der Waals surface area contributed by atoms with Crippen LogP contribution in [-0.2, 0) is 5.41 Å². The first-order valence-corrected chi connectivity index (χ1v) is 5.85. The molecular formula is C12H15NS. The van der Waals surface area contributed by atoms with Gasteiger partial charge in [-0.05, 0) is 29.5 Å². The van der Waals surface area contributed by atoms with Gasteiger partial charge in [-0.2, -0.15) is 0 Å². The van der Waals surface area contributed by atoms with Crippen LogP contribution in [0, 0.1) is 0 Å². The van der Waals surface area contributed by atoms with Crippen molar-refractivity contribution in [2.24, 2.45) is 0 Å². The molecule has 0 unspecified atom stereocenters. The highest BCUT2D eigenvalue weighted by Gasteiger charge is 2.18. The topological polar surface area (TPSA) is 12.9 Å². The minimum Gasteiger partial charge on any atom is -0.245 e. The molecule has 0 saturated heterocycles. The van der Waals surface area contributed by atoms with Crippen LogP contribution in [0.4, 0.5) is 0 Å². The molecule has 0 fully saturated rings. The Morgan fingerprint density at radius 1 is 1.36 bits per heavy atom. The van der Waals surface area contributed by atoms with E-state index in [1.54, 1.807) is 11.3 Å². The van der Waals surface area contributed by atoms with Crippen molar-refractivity contribution in [3.8, 4) is 0 Å². The zero-order chi connectivity index (χ0) is 10.2. The average molecular weight is 205 g/mol. The van der Waals surface area contributed by atoms with E-state index >= 15 is 0 Å². The van der Waals surface area contributed by atoms with Crippen LogP contribution in [0.3, 0.4) is 0 Å². The van der Waals surface area contributed by atoms with Crippen LogP contribution in [-0.4, -0.2) is 4.98 Å². The summed E-state index contributed by atoms with van der Waals surface area (Å²) in [6.07, 6.45) is 1.16. The first kappa shape index (κ1) is 9.66. The molecule has 0 N–H and O–H groups in total. The Labute approximate surface area is 88.8 Å². The first-order valence-electron chi connectivity index (χ1n) is 4.97. The van der Waals surface area contributed by atoms with Crippen LogP contribution in [0.15, 0.2) is 23.7 Å². The molecule has 2 rings (SSSR count). The number of benzene rings is 1. The van der Waals surface area contributed by atoms with Gasteiger partial charge in [-0.3, -0.25) is 0 Å². The lowest BCUT2D eigenvalue weighted by molar-refractivity contribution is 0.507. The Hall–Kier alpha value is -0.890. The molecule has 1 aromatic heterocycles. The summed E-state index contributed by atoms with van der Waals surface area (Å²) in [5, 5.41) is 0. The molecule has 0 atom stereocenters. The Kier molecular flexibility index (Phi) is 2.31. The number of hydrogen-bond acceptors (Lipinski definition) is 2. The average Bonchev–Trinajstić information content (AvgIpc) is 2.64. The summed E-state index contributed by atoms with van der Waals surface area (Å²) in [7, 11) is 0. The smallest absolute Gasteiger partial charge is 0.0814 e. The molecule has 74 valence electrons. The van der Waals surface area contributed by atoms with Crippen molar-refractivity contribution >= 4 is 21.6 Å². The molecule has 0 aliphatic heterocycles. The molecular weight excluding hydrogens is 190 g/mol. The largest absolute Gasteiger partial charge is 0.245 e. The van der Waals surface area contributed by atoms with E-state index in [9.17, 15) is 0 Å². The third-order valence-electron chi connectivity index (χ3n) is 3.00. The highest BCUT2D eigenvalue weighted by Crippen LogP contribution is 2.29. The van der Waals surface area contributed by atoms with Crippen molar-refractivity contribution in [1.82, 2.24) is 4.98 Å². The van der Waals surface area contributed by atoms with Crippen molar-refractivity contribution in [3.05, 3.63) is 29.3 Å². The third kappa shape index (κ3) is 1.55. The van der Waals surface area contributed by atoms with Gasteiger partial charge in [0, 0.05) is 0 Å². The van der Waals surface area contributed by atoms with E-state index < -0.39 is 0 Å². The number of fused-ring (bicyclic) bond motifs is 1. The van der Waals surface area contributed by atoms with Crippen LogP contribution >= 0.6 is 11.3 Å². The van der Waals surface area contributed by atoms with Crippen molar-refractivity contribution < 1.29 is 0 Å². The second kappa shape index (κ2) is 3.35. The summed E-state index contributed by atoms with van der Waals surface area (Å²) in [5.74, 6) is 0. The van der Waals surface area contributed by atoms with Crippen molar-refractivity contribution in [2.45, 2.75) is 32.6 Å². The first-order chi connectivity index (χ1) is 6.63. The van der Waals surface area contributed by atoms with Gasteiger partial charge >= 0.3 is 0 Å². The Morgan fingerprint density at radius 2 is 2.14 bits per heavy atom. The number of rotatable bonds is 2. The summed E-state index contributed by atoms with van der Waals surface area (Å²) in [6.45, 7) is 6.78. The Bertz CT molecular complexity index is 442. The molecule has 0 spiro atoms. The highest BCUT2D eigenvalue weighted by molar-refractivity contribution is 7.16. The van der Waals surface area contributed by atoms with E-state index in [2.05, 4.69) is 44.0 Å². The van der Waals surface area contributed by atoms with Gasteiger partial charge in [-0.25, -0.2) is 4.98 Å². The minimum absolute atomic E-state index is 0.262. The van der Waals surface area contributed by atoms with E-state index in [4.69, 9.17) is 0 Å². The lowest BCUT2D eigenvalue weighted by atomic mass is 9.82. The fraction of sp³-hybridized carbons (Fsp3) is 0.417. The molecule has 2 aromatic rings. The number of hydrogen-bond donors (Lipinski definition) is 0. The molecule has 0 radical (unpaired) electrons. The summed E-state index contributed by atoms with van der Waals surface area (Å²) >= 11 is 1.70. The van der Waals surface area contributed by atoms with Crippen molar-refractivity contribution in [1.29, 1.82) is 0 Å². The normalized spacial score (nSPS) is 12.2. The monoisotopic (exact) mass is 205 g/mol. The molecule has 0 aliphatic carbocycles. The number of thiazole rings is 1. The zero-order valence-corrected chi connectivity index (χ0v) is 9.69. The SMILES string of the molecule is CCC(C)(C)c1ccc2scnc2c1. The lowest BCUT2D eigenvalue weighted by Crippen LogP contribution is -2.14. The summed E-state index contributed by atoms with van der Waals surface area (Å²) in [4.78, 5) is 4.35. The maximum atomic E-state index is 4.35. The van der Waals surface area contributed by atoms with Crippen LogP contribution in [0.1, 0.15) is 32.8 Å². The molecule has 0 saturated carbocycles. The van der Waals surface area contributed by atoms with E-state index in [1.165, 1.54) is 10.3 Å². The highest BCUT2D eigenvalue weighted by atomic mass is 32.1. The van der Waals surface area contributed by atoms with Gasteiger partial charge in [0.1, 0.15) is 0 Å². The van der Waals surface area contributed by atoms with Crippen LogP contribution in [0.5, 0.6) is 0 Å². The molecule has 0 amide bonds. The van der Waals surface area contributed by atoms with Crippen molar-refractivity contribution in [3.63, 3.8) is 0 Å². The second-order valence-corrected chi connectivity index (χ2v) is 5.16. The van der Waals surface area contributed by atoms with Gasteiger partial charge in [-0.1, -0.05) is 26.8 Å². The minimum atomic E-state index is 0.262. The molecule has 14 heavy (non-hydrogen) atoms. The van der Waals surface area contributed by atoms with E-state index in [-0.39, 0.29) is 5.41 Å². The molecule has 0 bridgehead atoms. The summed E-state index contributed by atoms with van der Waals surface area (Å²) in [5.41, 5.74) is 4.69. The Morgan fingerprint density at radius 3 is 2.86 bits per heavy atom. The molecule has 1 heterocycles. The van der Waals surface area contributed by atoms with Gasteiger partial charge in [0.2, 0.25) is 0 Å². The van der Waals surface area contributed by atoms with Gasteiger partial charge in [0.15, 0.2) is 0 Å². The molecule has 1 aromatic carbocycles. The maximum absolute atomic E-state index is 4.35. The molecule has 2 heteroatoms. The standard InChI is InChI=1S/C12H15NS/c1-4-12(2,3)9-5-6-11-10(7-9)13-8-14-11/h5-8H,4H2,1-3H3. The fourth-order valence-electron chi connectivity index (χ4n) is 1.48. The van der Waals surface area contributed by atoms with Gasteiger partial charge in [0.25, 0.3) is 0 Å². The van der Waals surface area contributed by atoms with Gasteiger partial charge in [-0.15, -0.1) is 11.3 Å². The molecule has 0 aliphatic rings. The summed E-state index contributed by atoms with van der Waals surface area (Å²) in [6, 6.07) is 6.62. The third-order valence-corrected chi connectivity index (χ3v) is 3.81.